The van der Waals surface area contributed by atoms with E-state index >= 15 is 0 Å². The average Bonchev–Trinajstić information content (AvgIpc) is 3.13. The van der Waals surface area contributed by atoms with Gasteiger partial charge in [0.1, 0.15) is 0 Å². The molecule has 4 rings (SSSR count). The second-order valence-corrected chi connectivity index (χ2v) is 13.2. The lowest BCUT2D eigenvalue weighted by molar-refractivity contribution is -0.131. The van der Waals surface area contributed by atoms with Gasteiger partial charge in [-0.3, -0.25) is 0 Å². The zero-order valence-corrected chi connectivity index (χ0v) is 22.5. The van der Waals surface area contributed by atoms with Crippen LogP contribution in [0.5, 0.6) is 0 Å². The highest BCUT2D eigenvalue weighted by Gasteiger charge is 2.59. The topological polar surface area (TPSA) is 46.5 Å². The second-order valence-electron chi connectivity index (χ2n) is 13.2. The number of carbonyl (C=O) groups is 1. The molecule has 0 amide bonds. The Morgan fingerprint density at radius 3 is 2.65 bits per heavy atom. The van der Waals surface area contributed by atoms with E-state index in [0.29, 0.717) is 17.4 Å². The Labute approximate surface area is 208 Å². The summed E-state index contributed by atoms with van der Waals surface area (Å²) in [7, 11) is 0. The summed E-state index contributed by atoms with van der Waals surface area (Å²) >= 11 is 0. The standard InChI is InChI=1S/C31H50O3/c1-21(2)8-6-9-22(3)26-13-14-27-25-12-11-23-20-24(34-19-7-10-29(32)33)15-17-30(23,4)28(25)16-18-31(26,27)5/h7,10-11,21-22,24-28H,6,8-9,12-20H2,1-5H3,(H,32,33)/b10-7+/t22-,24+,25?,26-,27?,28?,30+,31-/m1/s1. The van der Waals surface area contributed by atoms with Crippen LogP contribution in [0.2, 0.25) is 0 Å². The normalized spacial score (nSPS) is 40.5. The summed E-state index contributed by atoms with van der Waals surface area (Å²) in [5.41, 5.74) is 2.55. The molecule has 0 aromatic carbocycles. The molecule has 0 radical (unpaired) electrons. The van der Waals surface area contributed by atoms with Crippen LogP contribution < -0.4 is 0 Å². The molecular formula is C31H50O3. The van der Waals surface area contributed by atoms with Crippen LogP contribution in [0.1, 0.15) is 105 Å². The molecular weight excluding hydrogens is 420 g/mol. The summed E-state index contributed by atoms with van der Waals surface area (Å²) in [5, 5.41) is 8.78. The average molecular weight is 471 g/mol. The van der Waals surface area contributed by atoms with Gasteiger partial charge in [0.15, 0.2) is 0 Å². The Morgan fingerprint density at radius 2 is 1.91 bits per heavy atom. The van der Waals surface area contributed by atoms with Crippen LogP contribution in [0, 0.1) is 46.3 Å². The maximum absolute atomic E-state index is 10.7. The van der Waals surface area contributed by atoms with Gasteiger partial charge in [0, 0.05) is 6.08 Å². The van der Waals surface area contributed by atoms with E-state index in [4.69, 9.17) is 9.84 Å². The van der Waals surface area contributed by atoms with E-state index in [0.717, 1.165) is 48.3 Å². The zero-order valence-electron chi connectivity index (χ0n) is 22.5. The summed E-state index contributed by atoms with van der Waals surface area (Å²) in [6.45, 7) is 12.9. The molecule has 34 heavy (non-hydrogen) atoms. The molecule has 1 N–H and O–H groups in total. The first-order chi connectivity index (χ1) is 16.1. The van der Waals surface area contributed by atoms with Crippen molar-refractivity contribution < 1.29 is 14.6 Å². The lowest BCUT2D eigenvalue weighted by atomic mass is 9.47. The van der Waals surface area contributed by atoms with E-state index in [-0.39, 0.29) is 6.10 Å². The number of rotatable bonds is 9. The third-order valence-corrected chi connectivity index (χ3v) is 10.9. The fraction of sp³-hybridized carbons (Fsp3) is 0.839. The third kappa shape index (κ3) is 5.06. The first-order valence-corrected chi connectivity index (χ1v) is 14.4. The minimum Gasteiger partial charge on any atom is -0.478 e. The SMILES string of the molecule is CC(C)CCC[C@@H](C)[C@H]1CCC2C3CC=C4C[C@@H](OC/C=C/C(=O)O)CC[C@]4(C)C3CC[C@@]21C. The van der Waals surface area contributed by atoms with Gasteiger partial charge in [0.2, 0.25) is 0 Å². The van der Waals surface area contributed by atoms with Crippen LogP contribution in [-0.4, -0.2) is 23.8 Å². The molecule has 3 nitrogen and oxygen atoms in total. The highest BCUT2D eigenvalue weighted by molar-refractivity contribution is 5.79. The molecule has 3 saturated carbocycles. The third-order valence-electron chi connectivity index (χ3n) is 10.9. The molecule has 0 aromatic rings. The van der Waals surface area contributed by atoms with E-state index in [1.165, 1.54) is 63.9 Å². The maximum Gasteiger partial charge on any atom is 0.328 e. The highest BCUT2D eigenvalue weighted by atomic mass is 16.5. The van der Waals surface area contributed by atoms with Gasteiger partial charge in [-0.2, -0.15) is 0 Å². The van der Waals surface area contributed by atoms with E-state index in [2.05, 4.69) is 40.7 Å². The van der Waals surface area contributed by atoms with Crippen LogP contribution >= 0.6 is 0 Å². The monoisotopic (exact) mass is 470 g/mol. The minimum atomic E-state index is -0.899. The van der Waals surface area contributed by atoms with Crippen molar-refractivity contribution in [1.82, 2.24) is 0 Å². The van der Waals surface area contributed by atoms with Crippen molar-refractivity contribution in [2.45, 2.75) is 111 Å². The molecule has 0 saturated heterocycles. The van der Waals surface area contributed by atoms with Gasteiger partial charge in [-0.25, -0.2) is 4.79 Å². The van der Waals surface area contributed by atoms with Crippen LogP contribution in [0.25, 0.3) is 0 Å². The molecule has 0 bridgehead atoms. The number of carboxylic acid groups (broad SMARTS) is 1. The quantitative estimate of drug-likeness (QED) is 0.274. The van der Waals surface area contributed by atoms with Gasteiger partial charge in [0.05, 0.1) is 12.7 Å². The van der Waals surface area contributed by atoms with Crippen molar-refractivity contribution in [3.63, 3.8) is 0 Å². The molecule has 3 unspecified atom stereocenters. The van der Waals surface area contributed by atoms with Crippen LogP contribution in [0.15, 0.2) is 23.8 Å². The van der Waals surface area contributed by atoms with Crippen molar-refractivity contribution in [2.24, 2.45) is 46.3 Å². The van der Waals surface area contributed by atoms with Gasteiger partial charge in [-0.15, -0.1) is 0 Å². The van der Waals surface area contributed by atoms with Crippen molar-refractivity contribution >= 4 is 5.97 Å². The molecule has 3 fully saturated rings. The molecule has 0 aromatic heterocycles. The Bertz CT molecular complexity index is 782. The van der Waals surface area contributed by atoms with Gasteiger partial charge in [-0.05, 0) is 97.7 Å². The summed E-state index contributed by atoms with van der Waals surface area (Å²) in [6, 6.07) is 0. The number of ether oxygens (including phenoxy) is 1. The fourth-order valence-corrected chi connectivity index (χ4v) is 9.13. The highest BCUT2D eigenvalue weighted by Crippen LogP contribution is 2.67. The number of hydrogen-bond acceptors (Lipinski definition) is 2. The van der Waals surface area contributed by atoms with Crippen LogP contribution in [0.3, 0.4) is 0 Å². The number of hydrogen-bond donors (Lipinski definition) is 1. The molecule has 4 aliphatic rings. The Kier molecular flexibility index (Phi) is 8.02. The Hall–Kier alpha value is -1.09. The van der Waals surface area contributed by atoms with Gasteiger partial charge >= 0.3 is 5.97 Å². The first kappa shape index (κ1) is 26.0. The van der Waals surface area contributed by atoms with Crippen LogP contribution in [-0.2, 0) is 9.53 Å². The molecule has 3 heteroatoms. The predicted octanol–water partition coefficient (Wildman–Crippen LogP) is 8.05. The van der Waals surface area contributed by atoms with Gasteiger partial charge in [-0.1, -0.05) is 71.6 Å². The van der Waals surface area contributed by atoms with Gasteiger partial charge in [0.25, 0.3) is 0 Å². The maximum atomic E-state index is 10.7. The summed E-state index contributed by atoms with van der Waals surface area (Å²) in [5.74, 6) is 4.35. The molecule has 0 heterocycles. The van der Waals surface area contributed by atoms with Gasteiger partial charge < -0.3 is 9.84 Å². The fourth-order valence-electron chi connectivity index (χ4n) is 9.13. The second kappa shape index (κ2) is 10.5. The molecule has 8 atom stereocenters. The predicted molar refractivity (Wildman–Crippen MR) is 140 cm³/mol. The minimum absolute atomic E-state index is 0.241. The first-order valence-electron chi connectivity index (χ1n) is 14.4. The summed E-state index contributed by atoms with van der Waals surface area (Å²) in [6.07, 6.45) is 20.3. The number of allylic oxidation sites excluding steroid dienone is 1. The van der Waals surface area contributed by atoms with E-state index in [1.54, 1.807) is 11.6 Å². The lowest BCUT2D eigenvalue weighted by Crippen LogP contribution is -2.51. The van der Waals surface area contributed by atoms with E-state index in [9.17, 15) is 4.79 Å². The summed E-state index contributed by atoms with van der Waals surface area (Å²) in [4.78, 5) is 10.7. The summed E-state index contributed by atoms with van der Waals surface area (Å²) < 4.78 is 6.05. The van der Waals surface area contributed by atoms with Crippen molar-refractivity contribution in [1.29, 1.82) is 0 Å². The number of fused-ring (bicyclic) bond motifs is 5. The number of aliphatic carboxylic acids is 1. The largest absolute Gasteiger partial charge is 0.478 e. The van der Waals surface area contributed by atoms with Crippen molar-refractivity contribution in [3.05, 3.63) is 23.8 Å². The lowest BCUT2D eigenvalue weighted by Gasteiger charge is -2.58. The Morgan fingerprint density at radius 1 is 1.12 bits per heavy atom. The van der Waals surface area contributed by atoms with Crippen molar-refractivity contribution in [3.8, 4) is 0 Å². The van der Waals surface area contributed by atoms with E-state index < -0.39 is 5.97 Å². The molecule has 4 aliphatic carbocycles. The number of carboxylic acids is 1. The zero-order chi connectivity index (χ0) is 24.5. The smallest absolute Gasteiger partial charge is 0.328 e. The molecule has 0 spiro atoms. The van der Waals surface area contributed by atoms with E-state index in [1.807, 2.05) is 0 Å². The molecule has 0 aliphatic heterocycles. The Balaban J connectivity index is 1.40. The molecule has 192 valence electrons. The van der Waals surface area contributed by atoms with Crippen LogP contribution in [0.4, 0.5) is 0 Å². The van der Waals surface area contributed by atoms with Crippen molar-refractivity contribution in [2.75, 3.05) is 6.61 Å².